The number of nitrogens with two attached hydrogens (primary N) is 1. The SMILES string of the molecule is NC(=O)C1CC(NC(=O)c2ccc(N3CCCCC3=O)cc2)CS1(=O)=O. The van der Waals surface area contributed by atoms with Crippen LogP contribution in [0.2, 0.25) is 0 Å². The number of rotatable bonds is 4. The van der Waals surface area contributed by atoms with Crippen molar-refractivity contribution in [3.05, 3.63) is 29.8 Å². The van der Waals surface area contributed by atoms with Gasteiger partial charge in [0.05, 0.1) is 5.75 Å². The van der Waals surface area contributed by atoms with E-state index in [9.17, 15) is 22.8 Å². The Balaban J connectivity index is 1.66. The van der Waals surface area contributed by atoms with Crippen molar-refractivity contribution >= 4 is 33.2 Å². The highest BCUT2D eigenvalue weighted by Gasteiger charge is 2.42. The maximum absolute atomic E-state index is 12.3. The number of amides is 3. The zero-order valence-electron chi connectivity index (χ0n) is 14.2. The molecule has 2 aliphatic heterocycles. The van der Waals surface area contributed by atoms with E-state index in [-0.39, 0.29) is 18.1 Å². The minimum absolute atomic E-state index is 0.0101. The van der Waals surface area contributed by atoms with Gasteiger partial charge in [0.25, 0.3) is 5.91 Å². The fraction of sp³-hybridized carbons (Fsp3) is 0.471. The molecule has 2 heterocycles. The van der Waals surface area contributed by atoms with Gasteiger partial charge >= 0.3 is 0 Å². The molecular formula is C17H21N3O5S. The van der Waals surface area contributed by atoms with Gasteiger partial charge in [-0.1, -0.05) is 0 Å². The van der Waals surface area contributed by atoms with Gasteiger partial charge in [0, 0.05) is 30.3 Å². The molecule has 2 saturated heterocycles. The van der Waals surface area contributed by atoms with Gasteiger partial charge in [-0.05, 0) is 43.5 Å². The van der Waals surface area contributed by atoms with Crippen LogP contribution >= 0.6 is 0 Å². The molecule has 2 atom stereocenters. The average molecular weight is 379 g/mol. The van der Waals surface area contributed by atoms with Crippen LogP contribution in [0.25, 0.3) is 0 Å². The molecular weight excluding hydrogens is 358 g/mol. The number of hydrogen-bond donors (Lipinski definition) is 2. The van der Waals surface area contributed by atoms with Gasteiger partial charge in [-0.15, -0.1) is 0 Å². The lowest BCUT2D eigenvalue weighted by Gasteiger charge is -2.26. The fourth-order valence-corrected chi connectivity index (χ4v) is 5.30. The Morgan fingerprint density at radius 1 is 1.15 bits per heavy atom. The first-order valence-electron chi connectivity index (χ1n) is 8.50. The molecule has 3 amide bonds. The van der Waals surface area contributed by atoms with E-state index in [0.717, 1.165) is 18.5 Å². The smallest absolute Gasteiger partial charge is 0.251 e. The molecule has 2 aliphatic rings. The van der Waals surface area contributed by atoms with Gasteiger partial charge in [0.2, 0.25) is 11.8 Å². The summed E-state index contributed by atoms with van der Waals surface area (Å²) in [4.78, 5) is 37.2. The van der Waals surface area contributed by atoms with E-state index in [1.807, 2.05) is 0 Å². The minimum atomic E-state index is -3.62. The number of benzene rings is 1. The number of nitrogens with zero attached hydrogens (tertiary/aromatic N) is 1. The first-order chi connectivity index (χ1) is 12.3. The second kappa shape index (κ2) is 7.06. The topological polar surface area (TPSA) is 127 Å². The highest BCUT2D eigenvalue weighted by Crippen LogP contribution is 2.23. The molecule has 3 N–H and O–H groups in total. The number of carbonyl (C=O) groups is 3. The van der Waals surface area contributed by atoms with Crippen LogP contribution in [0.15, 0.2) is 24.3 Å². The average Bonchev–Trinajstić information content (AvgIpc) is 2.90. The third-order valence-corrected chi connectivity index (χ3v) is 6.94. The summed E-state index contributed by atoms with van der Waals surface area (Å²) in [5.74, 6) is -1.54. The van der Waals surface area contributed by atoms with E-state index in [4.69, 9.17) is 5.73 Å². The van der Waals surface area contributed by atoms with Gasteiger partial charge < -0.3 is 16.0 Å². The molecule has 1 aromatic rings. The monoisotopic (exact) mass is 379 g/mol. The highest BCUT2D eigenvalue weighted by molar-refractivity contribution is 7.93. The van der Waals surface area contributed by atoms with Gasteiger partial charge in [0.1, 0.15) is 5.25 Å². The van der Waals surface area contributed by atoms with Crippen molar-refractivity contribution in [3.8, 4) is 0 Å². The van der Waals surface area contributed by atoms with Gasteiger partial charge in [-0.3, -0.25) is 14.4 Å². The Bertz CT molecular complexity index is 834. The number of anilines is 1. The largest absolute Gasteiger partial charge is 0.369 e. The lowest BCUT2D eigenvalue weighted by Crippen LogP contribution is -2.36. The molecule has 0 spiro atoms. The molecule has 0 aliphatic carbocycles. The molecule has 0 bridgehead atoms. The third-order valence-electron chi connectivity index (χ3n) is 4.78. The van der Waals surface area contributed by atoms with Crippen molar-refractivity contribution in [2.24, 2.45) is 5.73 Å². The van der Waals surface area contributed by atoms with Crippen LogP contribution in [-0.4, -0.2) is 49.7 Å². The molecule has 3 rings (SSSR count). The van der Waals surface area contributed by atoms with Crippen molar-refractivity contribution in [1.82, 2.24) is 5.32 Å². The molecule has 0 saturated carbocycles. The number of piperidine rings is 1. The highest BCUT2D eigenvalue weighted by atomic mass is 32.2. The molecule has 26 heavy (non-hydrogen) atoms. The quantitative estimate of drug-likeness (QED) is 0.760. The standard InChI is InChI=1S/C17H21N3O5S/c18-16(22)14-9-12(10-26(14,24)25)19-17(23)11-4-6-13(7-5-11)20-8-2-1-3-15(20)21/h4-7,12,14H,1-3,8-10H2,(H2,18,22)(H,19,23). The number of hydrogen-bond acceptors (Lipinski definition) is 5. The van der Waals surface area contributed by atoms with Crippen LogP contribution in [0.4, 0.5) is 5.69 Å². The second-order valence-corrected chi connectivity index (χ2v) is 8.90. The summed E-state index contributed by atoms with van der Waals surface area (Å²) >= 11 is 0. The summed E-state index contributed by atoms with van der Waals surface area (Å²) in [7, 11) is -3.62. The third kappa shape index (κ3) is 3.72. The maximum atomic E-state index is 12.3. The van der Waals surface area contributed by atoms with Crippen molar-refractivity contribution < 1.29 is 22.8 Å². The fourth-order valence-electron chi connectivity index (χ4n) is 3.40. The minimum Gasteiger partial charge on any atom is -0.369 e. The molecule has 2 fully saturated rings. The summed E-state index contributed by atoms with van der Waals surface area (Å²) in [5, 5.41) is 1.39. The lowest BCUT2D eigenvalue weighted by atomic mass is 10.1. The lowest BCUT2D eigenvalue weighted by molar-refractivity contribution is -0.119. The zero-order valence-corrected chi connectivity index (χ0v) is 15.0. The van der Waals surface area contributed by atoms with Crippen molar-refractivity contribution in [2.45, 2.75) is 37.0 Å². The molecule has 1 aromatic carbocycles. The Kier molecular flexibility index (Phi) is 4.99. The Hall–Kier alpha value is -2.42. The van der Waals surface area contributed by atoms with Crippen LogP contribution in [-0.2, 0) is 19.4 Å². The summed E-state index contributed by atoms with van der Waals surface area (Å²) in [6, 6.07) is 5.96. The maximum Gasteiger partial charge on any atom is 0.251 e. The van der Waals surface area contributed by atoms with E-state index in [2.05, 4.69) is 5.32 Å². The van der Waals surface area contributed by atoms with E-state index >= 15 is 0 Å². The second-order valence-electron chi connectivity index (χ2n) is 6.68. The molecule has 140 valence electrons. The normalized spacial score (nSPS) is 25.1. The first-order valence-corrected chi connectivity index (χ1v) is 10.2. The van der Waals surface area contributed by atoms with E-state index in [0.29, 0.717) is 18.5 Å². The Morgan fingerprint density at radius 2 is 1.85 bits per heavy atom. The van der Waals surface area contributed by atoms with Crippen LogP contribution in [0, 0.1) is 0 Å². The van der Waals surface area contributed by atoms with Gasteiger partial charge in [-0.25, -0.2) is 8.42 Å². The zero-order chi connectivity index (χ0) is 18.9. The number of carbonyl (C=O) groups excluding carboxylic acids is 3. The van der Waals surface area contributed by atoms with Crippen LogP contribution < -0.4 is 16.0 Å². The Morgan fingerprint density at radius 3 is 2.42 bits per heavy atom. The molecule has 0 radical (unpaired) electrons. The molecule has 2 unspecified atom stereocenters. The number of primary amides is 1. The summed E-state index contributed by atoms with van der Waals surface area (Å²) in [6.07, 6.45) is 2.36. The van der Waals surface area contributed by atoms with E-state index in [1.165, 1.54) is 0 Å². The van der Waals surface area contributed by atoms with Gasteiger partial charge in [-0.2, -0.15) is 0 Å². The van der Waals surface area contributed by atoms with Crippen LogP contribution in [0.5, 0.6) is 0 Å². The summed E-state index contributed by atoms with van der Waals surface area (Å²) < 4.78 is 23.8. The molecule has 9 heteroatoms. The summed E-state index contributed by atoms with van der Waals surface area (Å²) in [6.45, 7) is 0.665. The first kappa shape index (κ1) is 18.4. The predicted molar refractivity (Wildman–Crippen MR) is 95.3 cm³/mol. The predicted octanol–water partition coefficient (Wildman–Crippen LogP) is -0.0257. The van der Waals surface area contributed by atoms with Crippen LogP contribution in [0.1, 0.15) is 36.0 Å². The Labute approximate surface area is 151 Å². The van der Waals surface area contributed by atoms with E-state index in [1.54, 1.807) is 29.2 Å². The van der Waals surface area contributed by atoms with Crippen LogP contribution in [0.3, 0.4) is 0 Å². The summed E-state index contributed by atoms with van der Waals surface area (Å²) in [5.41, 5.74) is 6.21. The number of nitrogens with one attached hydrogen (secondary N) is 1. The van der Waals surface area contributed by atoms with Gasteiger partial charge in [0.15, 0.2) is 9.84 Å². The molecule has 8 nitrogen and oxygen atoms in total. The van der Waals surface area contributed by atoms with E-state index < -0.39 is 32.9 Å². The number of sulfone groups is 1. The molecule has 0 aromatic heterocycles. The van der Waals surface area contributed by atoms with Crippen molar-refractivity contribution in [1.29, 1.82) is 0 Å². The van der Waals surface area contributed by atoms with Crippen molar-refractivity contribution in [3.63, 3.8) is 0 Å². The van der Waals surface area contributed by atoms with Crippen molar-refractivity contribution in [2.75, 3.05) is 17.2 Å².